The lowest BCUT2D eigenvalue weighted by Gasteiger charge is -2.27. The normalized spacial score (nSPS) is 17.0. The maximum atomic E-state index is 11.3. The molecule has 124 valence electrons. The third-order valence-electron chi connectivity index (χ3n) is 3.95. The van der Waals surface area contributed by atoms with Crippen molar-refractivity contribution >= 4 is 9.84 Å². The maximum absolute atomic E-state index is 11.3. The summed E-state index contributed by atoms with van der Waals surface area (Å²) < 4.78 is 24.5. The Morgan fingerprint density at radius 1 is 1.26 bits per heavy atom. The number of aliphatic hydroxyl groups is 1. The number of aromatic nitrogens is 2. The zero-order valence-electron chi connectivity index (χ0n) is 13.1. The molecular formula is C16H21N3O3S. The molecule has 7 heteroatoms. The Labute approximate surface area is 136 Å². The highest BCUT2D eigenvalue weighted by atomic mass is 32.2. The SMILES string of the molecule is CS(=O)(=O)C[C@@H](O)c1cc2n(n1)CCN(Cc1ccccc1)C2. The van der Waals surface area contributed by atoms with Gasteiger partial charge in [0.1, 0.15) is 15.9 Å². The van der Waals surface area contributed by atoms with Gasteiger partial charge in [0, 0.05) is 25.9 Å². The molecule has 2 aromatic rings. The Morgan fingerprint density at radius 2 is 2.00 bits per heavy atom. The number of hydrogen-bond acceptors (Lipinski definition) is 5. The minimum absolute atomic E-state index is 0.294. The van der Waals surface area contributed by atoms with Crippen LogP contribution in [0, 0.1) is 0 Å². The van der Waals surface area contributed by atoms with Crippen LogP contribution in [0.4, 0.5) is 0 Å². The van der Waals surface area contributed by atoms with Gasteiger partial charge >= 0.3 is 0 Å². The minimum Gasteiger partial charge on any atom is -0.386 e. The summed E-state index contributed by atoms with van der Waals surface area (Å²) in [5.41, 5.74) is 2.71. The fraction of sp³-hybridized carbons (Fsp3) is 0.438. The van der Waals surface area contributed by atoms with Crippen LogP contribution in [-0.4, -0.2) is 46.8 Å². The van der Waals surface area contributed by atoms with Crippen LogP contribution < -0.4 is 0 Å². The lowest BCUT2D eigenvalue weighted by molar-refractivity contribution is 0.191. The van der Waals surface area contributed by atoms with Gasteiger partial charge in [0.05, 0.1) is 23.7 Å². The van der Waals surface area contributed by atoms with Gasteiger partial charge in [0.15, 0.2) is 0 Å². The highest BCUT2D eigenvalue weighted by Gasteiger charge is 2.23. The smallest absolute Gasteiger partial charge is 0.150 e. The zero-order valence-corrected chi connectivity index (χ0v) is 13.9. The van der Waals surface area contributed by atoms with Crippen LogP contribution in [0.25, 0.3) is 0 Å². The van der Waals surface area contributed by atoms with Gasteiger partial charge < -0.3 is 5.11 Å². The van der Waals surface area contributed by atoms with Gasteiger partial charge in [-0.3, -0.25) is 9.58 Å². The van der Waals surface area contributed by atoms with Crippen LogP contribution in [0.5, 0.6) is 0 Å². The van der Waals surface area contributed by atoms with Crippen LogP contribution in [-0.2, 0) is 29.5 Å². The van der Waals surface area contributed by atoms with E-state index in [2.05, 4.69) is 22.1 Å². The van der Waals surface area contributed by atoms with Gasteiger partial charge in [-0.05, 0) is 11.6 Å². The average molecular weight is 335 g/mol. The highest BCUT2D eigenvalue weighted by molar-refractivity contribution is 7.90. The predicted octanol–water partition coefficient (Wildman–Crippen LogP) is 0.977. The molecule has 1 atom stereocenters. The topological polar surface area (TPSA) is 75.4 Å². The van der Waals surface area contributed by atoms with Gasteiger partial charge in [-0.25, -0.2) is 8.42 Å². The first-order valence-corrected chi connectivity index (χ1v) is 9.65. The Kier molecular flexibility index (Phi) is 4.52. The summed E-state index contributed by atoms with van der Waals surface area (Å²) in [7, 11) is -3.23. The Morgan fingerprint density at radius 3 is 2.70 bits per heavy atom. The van der Waals surface area contributed by atoms with Crippen molar-refractivity contribution in [1.29, 1.82) is 0 Å². The first-order valence-electron chi connectivity index (χ1n) is 7.59. The van der Waals surface area contributed by atoms with Crippen LogP contribution >= 0.6 is 0 Å². The molecule has 1 aliphatic heterocycles. The fourth-order valence-corrected chi connectivity index (χ4v) is 3.60. The molecule has 0 saturated carbocycles. The molecular weight excluding hydrogens is 314 g/mol. The lowest BCUT2D eigenvalue weighted by atomic mass is 10.2. The lowest BCUT2D eigenvalue weighted by Crippen LogP contribution is -2.33. The second-order valence-electron chi connectivity index (χ2n) is 6.09. The molecule has 0 radical (unpaired) electrons. The molecule has 1 aliphatic rings. The Hall–Kier alpha value is -1.70. The average Bonchev–Trinajstić information content (AvgIpc) is 2.90. The Balaban J connectivity index is 1.69. The molecule has 0 fully saturated rings. The van der Waals surface area contributed by atoms with Crippen molar-refractivity contribution in [3.8, 4) is 0 Å². The molecule has 1 aromatic carbocycles. The molecule has 0 saturated heterocycles. The minimum atomic E-state index is -3.23. The highest BCUT2D eigenvalue weighted by Crippen LogP contribution is 2.20. The van der Waals surface area contributed by atoms with Gasteiger partial charge in [-0.2, -0.15) is 5.10 Å². The number of rotatable bonds is 5. The maximum Gasteiger partial charge on any atom is 0.150 e. The van der Waals surface area contributed by atoms with E-state index in [9.17, 15) is 13.5 Å². The number of nitrogens with zero attached hydrogens (tertiary/aromatic N) is 3. The van der Waals surface area contributed by atoms with E-state index in [1.807, 2.05) is 28.9 Å². The summed E-state index contributed by atoms with van der Waals surface area (Å²) in [6.45, 7) is 3.24. The molecule has 1 aromatic heterocycles. The number of fused-ring (bicyclic) bond motifs is 1. The molecule has 0 spiro atoms. The van der Waals surface area contributed by atoms with Crippen LogP contribution in [0.15, 0.2) is 36.4 Å². The monoisotopic (exact) mass is 335 g/mol. The quantitative estimate of drug-likeness (QED) is 0.881. The molecule has 0 amide bonds. The number of sulfone groups is 1. The van der Waals surface area contributed by atoms with Crippen LogP contribution in [0.3, 0.4) is 0 Å². The summed E-state index contributed by atoms with van der Waals surface area (Å²) in [6.07, 6.45) is 0.0547. The van der Waals surface area contributed by atoms with E-state index in [0.717, 1.165) is 38.1 Å². The molecule has 0 aliphatic carbocycles. The predicted molar refractivity (Wildman–Crippen MR) is 87.5 cm³/mol. The van der Waals surface area contributed by atoms with Crippen molar-refractivity contribution < 1.29 is 13.5 Å². The molecule has 3 rings (SSSR count). The van der Waals surface area contributed by atoms with Gasteiger partial charge in [0.25, 0.3) is 0 Å². The van der Waals surface area contributed by atoms with Crippen molar-refractivity contribution in [2.75, 3.05) is 18.6 Å². The first-order chi connectivity index (χ1) is 10.9. The molecule has 0 unspecified atom stereocenters. The third-order valence-corrected chi connectivity index (χ3v) is 4.87. The third kappa shape index (κ3) is 4.19. The van der Waals surface area contributed by atoms with E-state index in [-0.39, 0.29) is 5.75 Å². The van der Waals surface area contributed by atoms with E-state index in [1.54, 1.807) is 0 Å². The first kappa shape index (κ1) is 16.2. The Bertz CT molecular complexity index is 771. The van der Waals surface area contributed by atoms with E-state index >= 15 is 0 Å². The molecule has 6 nitrogen and oxygen atoms in total. The number of benzene rings is 1. The van der Waals surface area contributed by atoms with Crippen molar-refractivity contribution in [2.45, 2.75) is 25.7 Å². The van der Waals surface area contributed by atoms with Crippen molar-refractivity contribution in [3.63, 3.8) is 0 Å². The van der Waals surface area contributed by atoms with Crippen LogP contribution in [0.1, 0.15) is 23.1 Å². The largest absolute Gasteiger partial charge is 0.386 e. The van der Waals surface area contributed by atoms with Crippen molar-refractivity contribution in [2.24, 2.45) is 0 Å². The standard InChI is InChI=1S/C16H21N3O3S/c1-23(21,22)12-16(20)15-9-14-11-18(7-8-19(14)17-15)10-13-5-3-2-4-6-13/h2-6,9,16,20H,7-8,10-12H2,1H3/t16-/m1/s1. The molecule has 2 heterocycles. The molecule has 1 N–H and O–H groups in total. The number of hydrogen-bond donors (Lipinski definition) is 1. The zero-order chi connectivity index (χ0) is 16.4. The van der Waals surface area contributed by atoms with Crippen molar-refractivity contribution in [1.82, 2.24) is 14.7 Å². The summed E-state index contributed by atoms with van der Waals surface area (Å²) >= 11 is 0. The van der Waals surface area contributed by atoms with Gasteiger partial charge in [-0.1, -0.05) is 30.3 Å². The van der Waals surface area contributed by atoms with E-state index in [0.29, 0.717) is 5.69 Å². The summed E-state index contributed by atoms with van der Waals surface area (Å²) in [6, 6.07) is 12.1. The molecule has 23 heavy (non-hydrogen) atoms. The summed E-state index contributed by atoms with van der Waals surface area (Å²) in [4.78, 5) is 2.32. The van der Waals surface area contributed by atoms with Gasteiger partial charge in [-0.15, -0.1) is 0 Å². The number of aliphatic hydroxyl groups excluding tert-OH is 1. The fourth-order valence-electron chi connectivity index (χ4n) is 2.85. The second kappa shape index (κ2) is 6.43. The summed E-state index contributed by atoms with van der Waals surface area (Å²) in [5.74, 6) is -0.294. The van der Waals surface area contributed by atoms with Gasteiger partial charge in [0.2, 0.25) is 0 Å². The van der Waals surface area contributed by atoms with E-state index in [1.165, 1.54) is 5.56 Å². The summed E-state index contributed by atoms with van der Waals surface area (Å²) in [5, 5.41) is 14.4. The van der Waals surface area contributed by atoms with E-state index in [4.69, 9.17) is 0 Å². The van der Waals surface area contributed by atoms with Crippen LogP contribution in [0.2, 0.25) is 0 Å². The van der Waals surface area contributed by atoms with E-state index < -0.39 is 15.9 Å². The van der Waals surface area contributed by atoms with Crippen molar-refractivity contribution in [3.05, 3.63) is 53.3 Å². The molecule has 0 bridgehead atoms. The second-order valence-corrected chi connectivity index (χ2v) is 8.27.